The van der Waals surface area contributed by atoms with Gasteiger partial charge in [-0.05, 0) is 29.5 Å². The maximum absolute atomic E-state index is 10.9. The molecule has 2 N–H and O–H groups in total. The molecule has 0 amide bonds. The molecule has 0 saturated carbocycles. The first kappa shape index (κ1) is 14.1. The third kappa shape index (κ3) is 2.04. The number of hydrogen-bond acceptors (Lipinski definition) is 4. The van der Waals surface area contributed by atoms with Crippen molar-refractivity contribution in [1.82, 2.24) is 9.38 Å². The van der Waals surface area contributed by atoms with Crippen LogP contribution in [0.5, 0.6) is 5.75 Å². The summed E-state index contributed by atoms with van der Waals surface area (Å²) >= 11 is 0. The molecular formula is C15H8FmN3O3-. The number of carboxylic acids is 1. The molecule has 0 bridgehead atoms. The number of aromatic carboxylic acids is 1. The van der Waals surface area contributed by atoms with E-state index in [4.69, 9.17) is 10.4 Å². The van der Waals surface area contributed by atoms with Gasteiger partial charge in [0.2, 0.25) is 0 Å². The second-order valence-corrected chi connectivity index (χ2v) is 4.37. The number of aromatic nitrogens is 2. The number of nitriles is 1. The molecule has 2 aromatic heterocycles. The number of carbonyl (C=O) groups is 1. The Morgan fingerprint density at radius 2 is 2.14 bits per heavy atom. The molecule has 0 radical (unpaired) electrons. The molecule has 0 unspecified atom stereocenters. The van der Waals surface area contributed by atoms with Crippen LogP contribution in [-0.4, -0.2) is 25.6 Å². The van der Waals surface area contributed by atoms with Crippen molar-refractivity contribution in [3.05, 3.63) is 54.0 Å². The molecule has 0 saturated heterocycles. The minimum atomic E-state index is -1.20. The number of imidazole rings is 1. The summed E-state index contributed by atoms with van der Waals surface area (Å²) in [6, 6.07) is 7.89. The first-order valence-corrected chi connectivity index (χ1v) is 5.95. The van der Waals surface area contributed by atoms with E-state index in [1.54, 1.807) is 22.7 Å². The molecule has 6 nitrogen and oxygen atoms in total. The van der Waals surface area contributed by atoms with Crippen LogP contribution in [0.1, 0.15) is 15.9 Å². The fourth-order valence-electron chi connectivity index (χ4n) is 2.12. The van der Waals surface area contributed by atoms with E-state index in [9.17, 15) is 9.90 Å². The monoisotopic (exact) mass is 535 g/mol. The van der Waals surface area contributed by atoms with Crippen molar-refractivity contribution in [2.24, 2.45) is 0 Å². The average molecular weight is 535 g/mol. The number of pyridine rings is 1. The van der Waals surface area contributed by atoms with E-state index in [1.807, 2.05) is 6.07 Å². The Morgan fingerprint density at radius 1 is 1.36 bits per heavy atom. The fraction of sp³-hybridized carbons (Fsp3) is 0. The summed E-state index contributed by atoms with van der Waals surface area (Å²) in [5, 5.41) is 27.8. The van der Waals surface area contributed by atoms with E-state index in [1.165, 1.54) is 18.3 Å². The quantitative estimate of drug-likeness (QED) is 0.490. The van der Waals surface area contributed by atoms with Crippen molar-refractivity contribution in [3.63, 3.8) is 0 Å². The van der Waals surface area contributed by atoms with Crippen LogP contribution in [0.4, 0.5) is 0 Å². The Labute approximate surface area is 119 Å². The predicted octanol–water partition coefficient (Wildman–Crippen LogP) is 2.08. The molecule has 0 atom stereocenters. The zero-order valence-electron chi connectivity index (χ0n) is 10.9. The summed E-state index contributed by atoms with van der Waals surface area (Å²) in [7, 11) is 0. The number of benzene rings is 1. The third-order valence-electron chi connectivity index (χ3n) is 3.09. The Hall–Kier alpha value is -4.33. The molecule has 3 aromatic rings. The molecular weight excluding hydrogens is 527 g/mol. The van der Waals surface area contributed by atoms with E-state index in [2.05, 4.69) is 11.2 Å². The van der Waals surface area contributed by atoms with Gasteiger partial charge in [0.25, 0.3) is 0 Å². The van der Waals surface area contributed by atoms with E-state index in [-0.39, 0.29) is 11.3 Å². The summed E-state index contributed by atoms with van der Waals surface area (Å²) in [4.78, 5) is 15.1. The largest absolute Gasteiger partial charge is 0.507 e. The molecule has 22 heavy (non-hydrogen) atoms. The summed E-state index contributed by atoms with van der Waals surface area (Å²) in [6.45, 7) is 0. The molecule has 3 rings (SSSR count). The molecule has 0 aliphatic rings. The van der Waals surface area contributed by atoms with Crippen LogP contribution < -0.4 is 0 Å². The van der Waals surface area contributed by atoms with Gasteiger partial charge in [0.1, 0.15) is 11.3 Å². The minimum absolute atomic E-state index is 0. The van der Waals surface area contributed by atoms with Gasteiger partial charge in [0.15, 0.2) is 0 Å². The zero-order chi connectivity index (χ0) is 15.0. The topological polar surface area (TPSA) is 98.6 Å². The molecule has 0 aliphatic carbocycles. The fourth-order valence-corrected chi connectivity index (χ4v) is 2.12. The Morgan fingerprint density at radius 3 is 2.77 bits per heavy atom. The Balaban J connectivity index is 0.00000176. The second kappa shape index (κ2) is 4.98. The number of nitrogens with zero attached hydrogens (tertiary/aromatic N) is 3. The predicted molar refractivity (Wildman–Crippen MR) is 72.8 cm³/mol. The Kier molecular flexibility index (Phi) is 3.19. The van der Waals surface area contributed by atoms with Gasteiger partial charge in [0, 0.05) is 11.2 Å². The van der Waals surface area contributed by atoms with Gasteiger partial charge >= 0.3 is 5.97 Å². The van der Waals surface area contributed by atoms with E-state index in [0.29, 0.717) is 22.3 Å². The van der Waals surface area contributed by atoms with Gasteiger partial charge in [-0.1, -0.05) is 24.5 Å². The van der Waals surface area contributed by atoms with Crippen LogP contribution in [0, 0.1) is 17.5 Å². The molecule has 0 aliphatic heterocycles. The minimum Gasteiger partial charge on any atom is -0.507 e. The molecule has 2 heterocycles. The van der Waals surface area contributed by atoms with Crippen LogP contribution in [0.2, 0.25) is 0 Å². The van der Waals surface area contributed by atoms with E-state index >= 15 is 0 Å². The number of phenols is 1. The molecule has 114 valence electrons. The number of rotatable bonds is 2. The first-order chi connectivity index (χ1) is 10.1. The summed E-state index contributed by atoms with van der Waals surface area (Å²) in [6.07, 6.45) is 5.92. The van der Waals surface area contributed by atoms with Crippen LogP contribution in [0.15, 0.2) is 36.7 Å². The third-order valence-corrected chi connectivity index (χ3v) is 3.09. The van der Waals surface area contributed by atoms with Crippen molar-refractivity contribution >= 4 is 11.6 Å². The van der Waals surface area contributed by atoms with Crippen LogP contribution in [0.3, 0.4) is 0 Å². The summed E-state index contributed by atoms with van der Waals surface area (Å²) < 4.78 is 1.58. The van der Waals surface area contributed by atoms with E-state index in [0.717, 1.165) is 0 Å². The maximum Gasteiger partial charge on any atom is 0.339 e. The smallest absolute Gasteiger partial charge is 0.339 e. The number of hydrogen-bond donors (Lipinski definition) is 2. The SMILES string of the molecule is N#Cc1cc(-c2ccc(C(=O)O)c(O)c2)c2nc[c-]n2c1.[Fm]. The zero-order valence-corrected chi connectivity index (χ0v) is 13.3. The average Bonchev–Trinajstić information content (AvgIpc) is 2.93. The van der Waals surface area contributed by atoms with Crippen LogP contribution in [0.25, 0.3) is 16.8 Å². The van der Waals surface area contributed by atoms with Gasteiger partial charge in [-0.3, -0.25) is 0 Å². The summed E-state index contributed by atoms with van der Waals surface area (Å²) in [5.74, 6) is -1.54. The molecule has 0 spiro atoms. The second-order valence-electron chi connectivity index (χ2n) is 4.37. The number of aromatic hydroxyl groups is 1. The molecule has 7 heteroatoms. The number of fused-ring (bicyclic) bond motifs is 1. The molecule has 0 fully saturated rings. The van der Waals surface area contributed by atoms with Gasteiger partial charge < -0.3 is 19.6 Å². The standard InChI is InChI=1S/C15H8N3O3.Fm/c16-7-9-5-12(14-17-3-4-18(14)8-9)10-1-2-11(15(20)21)13(19)6-10;/h1-3,5-6,8,19H,(H,20,21);/q-1;. The van der Waals surface area contributed by atoms with E-state index < -0.39 is 5.97 Å². The summed E-state index contributed by atoms with van der Waals surface area (Å²) in [5.41, 5.74) is 1.98. The van der Waals surface area contributed by atoms with Crippen LogP contribution >= 0.6 is 0 Å². The van der Waals surface area contributed by atoms with Gasteiger partial charge in [-0.15, -0.1) is 0 Å². The van der Waals surface area contributed by atoms with Gasteiger partial charge in [-0.25, -0.2) is 4.79 Å². The normalized spacial score (nSPS) is 9.95. The first-order valence-electron chi connectivity index (χ1n) is 5.95. The number of carboxylic acid groups (broad SMARTS) is 1. The van der Waals surface area contributed by atoms with Crippen molar-refractivity contribution in [3.8, 4) is 22.9 Å². The Bertz CT molecular complexity index is 912. The van der Waals surface area contributed by atoms with Gasteiger partial charge in [-0.2, -0.15) is 5.26 Å². The molecule has 1 aromatic carbocycles. The van der Waals surface area contributed by atoms with Crippen LogP contribution in [-0.2, 0) is 0 Å². The van der Waals surface area contributed by atoms with Crippen molar-refractivity contribution in [2.45, 2.75) is 0 Å². The van der Waals surface area contributed by atoms with Crippen molar-refractivity contribution in [1.29, 1.82) is 5.26 Å². The van der Waals surface area contributed by atoms with Crippen molar-refractivity contribution < 1.29 is 15.0 Å². The van der Waals surface area contributed by atoms with Crippen molar-refractivity contribution in [2.75, 3.05) is 0 Å². The van der Waals surface area contributed by atoms with Gasteiger partial charge in [0.05, 0.1) is 6.07 Å². The maximum atomic E-state index is 10.9.